The van der Waals surface area contributed by atoms with Crippen LogP contribution in [0, 0.1) is 23.3 Å². The summed E-state index contributed by atoms with van der Waals surface area (Å²) in [4.78, 5) is 49.2. The van der Waals surface area contributed by atoms with Crippen LogP contribution in [-0.2, 0) is 64.2 Å². The zero-order valence-corrected chi connectivity index (χ0v) is 43.4. The fraction of sp³-hybridized carbons (Fsp3) is 0.298. The van der Waals surface area contributed by atoms with Crippen molar-refractivity contribution in [2.24, 2.45) is 0 Å². The Hall–Kier alpha value is -7.26. The van der Waals surface area contributed by atoms with Gasteiger partial charge in [-0.15, -0.1) is 0 Å². The fourth-order valence-corrected chi connectivity index (χ4v) is 10.2. The summed E-state index contributed by atoms with van der Waals surface area (Å²) in [5.74, 6) is -6.20. The minimum atomic E-state index is -1.44. The van der Waals surface area contributed by atoms with Crippen LogP contribution in [0.2, 0.25) is 0 Å². The second-order valence-corrected chi connectivity index (χ2v) is 19.3. The van der Waals surface area contributed by atoms with Crippen LogP contribution < -0.4 is 30.3 Å². The molecule has 6 aromatic rings. The Morgan fingerprint density at radius 3 is 1.73 bits per heavy atom. The van der Waals surface area contributed by atoms with Crippen LogP contribution in [0.25, 0.3) is 11.1 Å². The molecular formula is C57H54BBrF4N2O12. The Labute approximate surface area is 449 Å². The highest BCUT2D eigenvalue weighted by Crippen LogP contribution is 2.42. The third-order valence-corrected chi connectivity index (χ3v) is 14.1. The van der Waals surface area contributed by atoms with E-state index >= 15 is 0 Å². The van der Waals surface area contributed by atoms with E-state index in [4.69, 9.17) is 33.7 Å². The van der Waals surface area contributed by atoms with Crippen LogP contribution in [0.1, 0.15) is 78.9 Å². The molecule has 0 saturated heterocycles. The smallest absolute Gasteiger partial charge is 0.492 e. The lowest BCUT2D eigenvalue weighted by Gasteiger charge is -2.27. The third-order valence-electron chi connectivity index (χ3n) is 13.5. The molecule has 77 heavy (non-hydrogen) atoms. The summed E-state index contributed by atoms with van der Waals surface area (Å²) < 4.78 is 84.3. The number of hydrogen-bond donors (Lipinski definition) is 5. The predicted octanol–water partition coefficient (Wildman–Crippen LogP) is 7.71. The number of esters is 1. The maximum absolute atomic E-state index is 14.1. The molecule has 0 aromatic heterocycles. The monoisotopic (exact) mass is 1120 g/mol. The number of methoxy groups -OCH3 is 1. The SMILES string of the molecule is COC(=O)[C@H](Cc1ccc(Br)c2c1CCCO2)NC(=O)c1c(F)cccc1F.O=C(N[C@@H](Cc1ccc(-c2cccc3c2COCC3)c2c1CCCO2)C(=O)O)c1c(F)cccc1F.OB(O)c1cccc2c1OCCC2. The summed E-state index contributed by atoms with van der Waals surface area (Å²) in [6.07, 6.45) is 5.88. The number of carbonyl (C=O) groups is 4. The maximum Gasteiger partial charge on any atom is 0.492 e. The number of ether oxygens (including phenoxy) is 5. The molecule has 2 atom stereocenters. The molecule has 4 aliphatic rings. The summed E-state index contributed by atoms with van der Waals surface area (Å²) in [6.45, 7) is 3.00. The second kappa shape index (κ2) is 25.7. The van der Waals surface area contributed by atoms with E-state index in [1.54, 1.807) is 12.1 Å². The lowest BCUT2D eigenvalue weighted by molar-refractivity contribution is -0.143. The van der Waals surface area contributed by atoms with E-state index in [0.29, 0.717) is 67.7 Å². The highest BCUT2D eigenvalue weighted by molar-refractivity contribution is 9.10. The zero-order chi connectivity index (χ0) is 54.8. The van der Waals surface area contributed by atoms with Crippen molar-refractivity contribution in [1.82, 2.24) is 10.6 Å². The van der Waals surface area contributed by atoms with Gasteiger partial charge in [0.1, 0.15) is 63.7 Å². The van der Waals surface area contributed by atoms with Crippen LogP contribution in [0.15, 0.2) is 102 Å². The number of rotatable bonds is 12. The van der Waals surface area contributed by atoms with Gasteiger partial charge in [-0.25, -0.2) is 27.2 Å². The van der Waals surface area contributed by atoms with Crippen molar-refractivity contribution in [3.05, 3.63) is 175 Å². The molecule has 6 aromatic carbocycles. The topological polar surface area (TPSA) is 199 Å². The Morgan fingerprint density at radius 2 is 1.12 bits per heavy atom. The first-order chi connectivity index (χ1) is 37.1. The fourth-order valence-electron chi connectivity index (χ4n) is 9.75. The van der Waals surface area contributed by atoms with Crippen molar-refractivity contribution in [3.8, 4) is 28.4 Å². The average molecular weight is 1130 g/mol. The average Bonchev–Trinajstić information content (AvgIpc) is 3.43. The molecule has 4 heterocycles. The summed E-state index contributed by atoms with van der Waals surface area (Å²) in [6, 6.07) is 22.6. The van der Waals surface area contributed by atoms with Crippen molar-refractivity contribution < 1.29 is 75.6 Å². The molecule has 4 aliphatic heterocycles. The van der Waals surface area contributed by atoms with E-state index in [0.717, 1.165) is 118 Å². The van der Waals surface area contributed by atoms with E-state index in [2.05, 4.69) is 32.6 Å². The van der Waals surface area contributed by atoms with E-state index in [9.17, 15) is 41.8 Å². The number of nitrogens with one attached hydrogen (secondary N) is 2. The number of benzene rings is 6. The minimum absolute atomic E-state index is 0.0564. The van der Waals surface area contributed by atoms with Gasteiger partial charge in [-0.3, -0.25) is 9.59 Å². The summed E-state index contributed by atoms with van der Waals surface area (Å²) in [5.41, 5.74) is 7.60. The van der Waals surface area contributed by atoms with E-state index < -0.39 is 77.4 Å². The third kappa shape index (κ3) is 13.1. The lowest BCUT2D eigenvalue weighted by Crippen LogP contribution is -2.43. The first-order valence-corrected chi connectivity index (χ1v) is 25.7. The molecule has 0 unspecified atom stereocenters. The predicted molar refractivity (Wildman–Crippen MR) is 279 cm³/mol. The molecule has 0 aliphatic carbocycles. The molecule has 2 amide bonds. The van der Waals surface area contributed by atoms with Gasteiger partial charge in [-0.05, 0) is 136 Å². The minimum Gasteiger partial charge on any atom is -0.494 e. The van der Waals surface area contributed by atoms with Crippen LogP contribution in [-0.4, -0.2) is 91.6 Å². The maximum atomic E-state index is 14.1. The Kier molecular flexibility index (Phi) is 18.7. The van der Waals surface area contributed by atoms with Gasteiger partial charge in [0.2, 0.25) is 0 Å². The van der Waals surface area contributed by atoms with Crippen molar-refractivity contribution >= 4 is 52.3 Å². The van der Waals surface area contributed by atoms with Gasteiger partial charge in [0.05, 0.1) is 44.6 Å². The standard InChI is InChI=1S/C28H25F2NO5.C20H18BrF2NO4.C9H11BO3/c29-22-7-2-8-23(30)25(22)27(32)31-24(28(33)34)14-17-9-10-20(26-18(17)6-3-12-36-26)19-5-1-4-16-11-13-35-15-21(16)19;1-27-20(26)16(24-19(25)17-14(22)5-2-6-15(17)23)10-11-7-8-13(21)18-12(11)4-3-9-28-18;11-10(12)8-5-1-3-7-4-2-6-13-9(7)8/h1-2,4-5,7-10,24H,3,6,11-15H2,(H,31,32)(H,33,34);2,5-8,16H,3-4,9-10H2,1H3,(H,24,25);1,3,5,11-12H,2,4,6H2/t24-;16-;/m00./s1. The van der Waals surface area contributed by atoms with Crippen LogP contribution in [0.5, 0.6) is 17.2 Å². The molecule has 0 saturated carbocycles. The number of hydrogen-bond acceptors (Lipinski definition) is 11. The van der Waals surface area contributed by atoms with E-state index in [1.807, 2.05) is 42.5 Å². The van der Waals surface area contributed by atoms with E-state index in [-0.39, 0.29) is 12.8 Å². The zero-order valence-electron chi connectivity index (χ0n) is 41.8. The number of aliphatic carboxylic acids is 1. The molecule has 14 nitrogen and oxygen atoms in total. The largest absolute Gasteiger partial charge is 0.494 e. The van der Waals surface area contributed by atoms with Crippen molar-refractivity contribution in [2.75, 3.05) is 33.5 Å². The molecule has 0 fully saturated rings. The number of carboxylic acids is 1. The first-order valence-electron chi connectivity index (χ1n) is 25.0. The molecule has 0 spiro atoms. The Bertz CT molecular complexity index is 3140. The summed E-state index contributed by atoms with van der Waals surface area (Å²) >= 11 is 3.44. The molecule has 5 N–H and O–H groups in total. The number of carbonyl (C=O) groups excluding carboxylic acids is 3. The highest BCUT2D eigenvalue weighted by Gasteiger charge is 2.31. The lowest BCUT2D eigenvalue weighted by atomic mass is 9.78. The molecule has 10 rings (SSSR count). The van der Waals surface area contributed by atoms with Crippen molar-refractivity contribution in [1.29, 1.82) is 0 Å². The summed E-state index contributed by atoms with van der Waals surface area (Å²) in [7, 11) is -0.251. The molecule has 20 heteroatoms. The van der Waals surface area contributed by atoms with Gasteiger partial charge < -0.3 is 49.5 Å². The number of carboxylic acid groups (broad SMARTS) is 1. The highest BCUT2D eigenvalue weighted by atomic mass is 79.9. The number of fused-ring (bicyclic) bond motifs is 4. The van der Waals surface area contributed by atoms with Crippen molar-refractivity contribution in [3.63, 3.8) is 0 Å². The van der Waals surface area contributed by atoms with Gasteiger partial charge in [0.15, 0.2) is 0 Å². The quantitative estimate of drug-likeness (QED) is 0.0455. The van der Waals surface area contributed by atoms with Crippen molar-refractivity contribution in [2.45, 2.75) is 76.5 Å². The molecule has 0 radical (unpaired) electrons. The molecule has 0 bridgehead atoms. The van der Waals surface area contributed by atoms with Crippen LogP contribution in [0.3, 0.4) is 0 Å². The Balaban J connectivity index is 0.000000169. The van der Waals surface area contributed by atoms with Gasteiger partial charge in [-0.1, -0.05) is 66.7 Å². The van der Waals surface area contributed by atoms with Gasteiger partial charge >= 0.3 is 19.1 Å². The number of halogens is 5. The number of para-hydroxylation sites is 1. The summed E-state index contributed by atoms with van der Waals surface area (Å²) in [5, 5.41) is 32.6. The van der Waals surface area contributed by atoms with Gasteiger partial charge in [0.25, 0.3) is 11.8 Å². The van der Waals surface area contributed by atoms with E-state index in [1.165, 1.54) is 12.7 Å². The first kappa shape index (κ1) is 56.0. The van der Waals surface area contributed by atoms with Gasteiger partial charge in [-0.2, -0.15) is 0 Å². The normalized spacial score (nSPS) is 14.6. The van der Waals surface area contributed by atoms with Gasteiger partial charge in [0, 0.05) is 23.9 Å². The Morgan fingerprint density at radius 1 is 0.597 bits per heavy atom. The van der Waals surface area contributed by atoms with Crippen LogP contribution in [0.4, 0.5) is 17.6 Å². The molecular weight excluding hydrogens is 1070 g/mol. The molecule has 402 valence electrons. The van der Waals surface area contributed by atoms with Crippen LogP contribution >= 0.6 is 15.9 Å². The second-order valence-electron chi connectivity index (χ2n) is 18.4. The number of amides is 2. The number of aryl methyl sites for hydroxylation is 1.